The molecule has 0 atom stereocenters. The second kappa shape index (κ2) is 8.57. The first-order valence-electron chi connectivity index (χ1n) is 10.1. The van der Waals surface area contributed by atoms with Gasteiger partial charge in [0.15, 0.2) is 14.6 Å². The van der Waals surface area contributed by atoms with Gasteiger partial charge in [-0.05, 0) is 62.9 Å². The van der Waals surface area contributed by atoms with E-state index in [1.54, 1.807) is 19.1 Å². The van der Waals surface area contributed by atoms with Crippen molar-refractivity contribution in [2.75, 3.05) is 13.2 Å². The zero-order valence-corrected chi connectivity index (χ0v) is 18.1. The number of rotatable bonds is 7. The number of hydrogen-bond donors (Lipinski definition) is 1. The average Bonchev–Trinajstić information content (AvgIpc) is 3.20. The van der Waals surface area contributed by atoms with Crippen LogP contribution in [0, 0.1) is 20.8 Å². The van der Waals surface area contributed by atoms with Gasteiger partial charge < -0.3 is 10.1 Å². The van der Waals surface area contributed by atoms with Gasteiger partial charge in [-0.25, -0.2) is 8.42 Å². The van der Waals surface area contributed by atoms with Crippen LogP contribution in [0.2, 0.25) is 0 Å². The van der Waals surface area contributed by atoms with E-state index < -0.39 is 20.5 Å². The molecular formula is C23H29NO4S. The molecular weight excluding hydrogens is 386 g/mol. The first-order chi connectivity index (χ1) is 13.8. The molecule has 2 aromatic rings. The van der Waals surface area contributed by atoms with Gasteiger partial charge in [0.25, 0.3) is 0 Å². The summed E-state index contributed by atoms with van der Waals surface area (Å²) < 4.78 is 31.4. The third kappa shape index (κ3) is 4.32. The van der Waals surface area contributed by atoms with Gasteiger partial charge in [0, 0.05) is 0 Å². The first kappa shape index (κ1) is 21.4. The molecule has 1 saturated carbocycles. The third-order valence-corrected chi connectivity index (χ3v) is 8.29. The summed E-state index contributed by atoms with van der Waals surface area (Å²) in [5, 5.41) is 2.81. The molecule has 29 heavy (non-hydrogen) atoms. The Labute approximate surface area is 173 Å². The van der Waals surface area contributed by atoms with Crippen molar-refractivity contribution < 1.29 is 17.9 Å². The number of carbonyl (C=O) groups is 1. The molecule has 6 heteroatoms. The number of aryl methyl sites for hydroxylation is 3. The van der Waals surface area contributed by atoms with E-state index in [9.17, 15) is 13.2 Å². The molecule has 0 bridgehead atoms. The van der Waals surface area contributed by atoms with E-state index in [4.69, 9.17) is 4.74 Å². The molecule has 1 N–H and O–H groups in total. The second-order valence-corrected chi connectivity index (χ2v) is 10.1. The molecule has 156 valence electrons. The molecule has 0 aliphatic heterocycles. The van der Waals surface area contributed by atoms with Crippen molar-refractivity contribution in [2.24, 2.45) is 0 Å². The van der Waals surface area contributed by atoms with Gasteiger partial charge in [-0.3, -0.25) is 4.79 Å². The smallest absolute Gasteiger partial charge is 0.241 e. The Kier molecular flexibility index (Phi) is 6.32. The quantitative estimate of drug-likeness (QED) is 0.696. The van der Waals surface area contributed by atoms with Gasteiger partial charge in [0.05, 0.1) is 11.4 Å². The highest BCUT2D eigenvalue weighted by molar-refractivity contribution is 7.93. The standard InChI is InChI=1S/C23H29NO4S/c1-17-7-10-20(11-8-17)28-15-14-24-22(25)23(12-4-5-13-23)29(26,27)21-16-18(2)6-9-19(21)3/h6-11,16H,4-5,12-15H2,1-3H3,(H,24,25). The largest absolute Gasteiger partial charge is 0.492 e. The van der Waals surface area contributed by atoms with Gasteiger partial charge in [0.1, 0.15) is 12.4 Å². The lowest BCUT2D eigenvalue weighted by Gasteiger charge is -2.28. The number of hydrogen-bond acceptors (Lipinski definition) is 4. The predicted octanol–water partition coefficient (Wildman–Crippen LogP) is 3.89. The minimum Gasteiger partial charge on any atom is -0.492 e. The van der Waals surface area contributed by atoms with Crippen molar-refractivity contribution in [1.82, 2.24) is 5.32 Å². The highest BCUT2D eigenvalue weighted by atomic mass is 32.2. The van der Waals surface area contributed by atoms with Crippen LogP contribution in [0.15, 0.2) is 47.4 Å². The van der Waals surface area contributed by atoms with Crippen molar-refractivity contribution in [3.05, 3.63) is 59.2 Å². The van der Waals surface area contributed by atoms with Crippen LogP contribution in [0.3, 0.4) is 0 Å². The Balaban J connectivity index is 1.73. The van der Waals surface area contributed by atoms with E-state index in [0.717, 1.165) is 29.7 Å². The van der Waals surface area contributed by atoms with Crippen LogP contribution in [0.25, 0.3) is 0 Å². The monoisotopic (exact) mass is 415 g/mol. The molecule has 1 amide bonds. The van der Waals surface area contributed by atoms with Crippen molar-refractivity contribution in [2.45, 2.75) is 56.1 Å². The molecule has 1 aliphatic carbocycles. The Morgan fingerprint density at radius 2 is 1.62 bits per heavy atom. The molecule has 5 nitrogen and oxygen atoms in total. The SMILES string of the molecule is Cc1ccc(OCCNC(=O)C2(S(=O)(=O)c3cc(C)ccc3C)CCCC2)cc1. The van der Waals surface area contributed by atoms with E-state index in [1.165, 1.54) is 0 Å². The predicted molar refractivity (Wildman–Crippen MR) is 114 cm³/mol. The van der Waals surface area contributed by atoms with Gasteiger partial charge >= 0.3 is 0 Å². The summed E-state index contributed by atoms with van der Waals surface area (Å²) in [5.74, 6) is 0.312. The zero-order valence-electron chi connectivity index (χ0n) is 17.3. The summed E-state index contributed by atoms with van der Waals surface area (Å²) in [6, 6.07) is 13.0. The molecule has 0 unspecified atom stereocenters. The number of carbonyl (C=O) groups excluding carboxylic acids is 1. The van der Waals surface area contributed by atoms with Crippen LogP contribution in [-0.4, -0.2) is 32.2 Å². The fourth-order valence-electron chi connectivity index (χ4n) is 3.90. The molecule has 3 rings (SSSR count). The zero-order chi connectivity index (χ0) is 21.1. The third-order valence-electron chi connectivity index (χ3n) is 5.65. The number of ether oxygens (including phenoxy) is 1. The maximum absolute atomic E-state index is 13.6. The van der Waals surface area contributed by atoms with E-state index in [1.807, 2.05) is 44.2 Å². The normalized spacial score (nSPS) is 15.8. The van der Waals surface area contributed by atoms with Gasteiger partial charge in [-0.2, -0.15) is 0 Å². The minimum absolute atomic E-state index is 0.261. The Morgan fingerprint density at radius 1 is 1.00 bits per heavy atom. The number of nitrogens with one attached hydrogen (secondary N) is 1. The lowest BCUT2D eigenvalue weighted by atomic mass is 10.1. The highest BCUT2D eigenvalue weighted by Crippen LogP contribution is 2.41. The van der Waals surface area contributed by atoms with E-state index in [0.29, 0.717) is 18.4 Å². The second-order valence-electron chi connectivity index (χ2n) is 7.89. The molecule has 0 radical (unpaired) electrons. The Hall–Kier alpha value is -2.34. The van der Waals surface area contributed by atoms with Crippen LogP contribution in [0.1, 0.15) is 42.4 Å². The fraction of sp³-hybridized carbons (Fsp3) is 0.435. The lowest BCUT2D eigenvalue weighted by Crippen LogP contribution is -2.51. The molecule has 0 aromatic heterocycles. The van der Waals surface area contributed by atoms with Crippen LogP contribution < -0.4 is 10.1 Å². The van der Waals surface area contributed by atoms with Gasteiger partial charge in [-0.15, -0.1) is 0 Å². The summed E-state index contributed by atoms with van der Waals surface area (Å²) in [4.78, 5) is 13.4. The van der Waals surface area contributed by atoms with Crippen molar-refractivity contribution in [3.8, 4) is 5.75 Å². The van der Waals surface area contributed by atoms with Gasteiger partial charge in [-0.1, -0.05) is 42.7 Å². The molecule has 0 heterocycles. The van der Waals surface area contributed by atoms with Gasteiger partial charge in [0.2, 0.25) is 5.91 Å². The molecule has 1 aliphatic rings. The summed E-state index contributed by atoms with van der Waals surface area (Å²) in [5.41, 5.74) is 2.69. The number of sulfone groups is 1. The molecule has 0 spiro atoms. The summed E-state index contributed by atoms with van der Waals surface area (Å²) >= 11 is 0. The van der Waals surface area contributed by atoms with Crippen LogP contribution in [-0.2, 0) is 14.6 Å². The van der Waals surface area contributed by atoms with Crippen molar-refractivity contribution >= 4 is 15.7 Å². The Morgan fingerprint density at radius 3 is 2.28 bits per heavy atom. The summed E-state index contributed by atoms with van der Waals surface area (Å²) in [7, 11) is -3.80. The van der Waals surface area contributed by atoms with E-state index in [-0.39, 0.29) is 18.0 Å². The number of benzene rings is 2. The Bertz CT molecular complexity index is 974. The summed E-state index contributed by atoms with van der Waals surface area (Å²) in [6.07, 6.45) is 2.18. The maximum Gasteiger partial charge on any atom is 0.241 e. The van der Waals surface area contributed by atoms with Crippen molar-refractivity contribution in [1.29, 1.82) is 0 Å². The number of amides is 1. The molecule has 0 saturated heterocycles. The fourth-order valence-corrected chi connectivity index (χ4v) is 6.30. The van der Waals surface area contributed by atoms with Crippen LogP contribution in [0.5, 0.6) is 5.75 Å². The topological polar surface area (TPSA) is 72.5 Å². The lowest BCUT2D eigenvalue weighted by molar-refractivity contribution is -0.123. The van der Waals surface area contributed by atoms with Crippen LogP contribution in [0.4, 0.5) is 0 Å². The summed E-state index contributed by atoms with van der Waals surface area (Å²) in [6.45, 7) is 6.19. The molecule has 2 aromatic carbocycles. The van der Waals surface area contributed by atoms with Crippen LogP contribution >= 0.6 is 0 Å². The first-order valence-corrected chi connectivity index (χ1v) is 11.5. The highest BCUT2D eigenvalue weighted by Gasteiger charge is 2.53. The average molecular weight is 416 g/mol. The van der Waals surface area contributed by atoms with E-state index >= 15 is 0 Å². The minimum atomic E-state index is -3.80. The van der Waals surface area contributed by atoms with Crippen molar-refractivity contribution in [3.63, 3.8) is 0 Å². The molecule has 1 fully saturated rings. The maximum atomic E-state index is 13.6. The van der Waals surface area contributed by atoms with E-state index in [2.05, 4.69) is 5.32 Å².